The maximum Gasteiger partial charge on any atom is 0.239 e. The molecule has 27 heavy (non-hydrogen) atoms. The number of carbonyl (C=O) groups excluding carboxylic acids is 1. The summed E-state index contributed by atoms with van der Waals surface area (Å²) in [6.07, 6.45) is 2.23. The van der Waals surface area contributed by atoms with Crippen molar-refractivity contribution in [2.75, 3.05) is 46.4 Å². The zero-order chi connectivity index (χ0) is 19.4. The first-order valence-electron chi connectivity index (χ1n) is 10.1. The fourth-order valence-corrected chi connectivity index (χ4v) is 4.02. The average Bonchev–Trinajstić information content (AvgIpc) is 2.68. The van der Waals surface area contributed by atoms with Crippen LogP contribution in [0.3, 0.4) is 0 Å². The van der Waals surface area contributed by atoms with Gasteiger partial charge < -0.3 is 9.64 Å². The van der Waals surface area contributed by atoms with E-state index in [1.54, 1.807) is 12.1 Å². The standard InChI is InChI=1S/C21H32FN3O2/c1-16-6-8-25(9-7-16)21(26)17(2)24-12-10-23(11-13-24)15-18-4-5-20(27-3)19(22)14-18/h4-5,14,16-17H,6-13,15H2,1-3H3. The van der Waals surface area contributed by atoms with Crippen molar-refractivity contribution in [2.45, 2.75) is 39.3 Å². The molecule has 1 amide bonds. The third kappa shape index (κ3) is 4.99. The topological polar surface area (TPSA) is 36.0 Å². The fourth-order valence-electron chi connectivity index (χ4n) is 4.02. The molecule has 5 nitrogen and oxygen atoms in total. The number of ether oxygens (including phenoxy) is 1. The second-order valence-corrected chi connectivity index (χ2v) is 7.96. The Hall–Kier alpha value is -1.66. The first kappa shape index (κ1) is 20.1. The molecule has 3 rings (SSSR count). The minimum Gasteiger partial charge on any atom is -0.494 e. The van der Waals surface area contributed by atoms with E-state index in [2.05, 4.69) is 16.7 Å². The molecule has 0 aliphatic carbocycles. The molecule has 2 aliphatic rings. The van der Waals surface area contributed by atoms with Gasteiger partial charge in [-0.05, 0) is 43.4 Å². The van der Waals surface area contributed by atoms with Gasteiger partial charge >= 0.3 is 0 Å². The molecule has 0 bridgehead atoms. The first-order chi connectivity index (χ1) is 13.0. The highest BCUT2D eigenvalue weighted by atomic mass is 19.1. The van der Waals surface area contributed by atoms with Gasteiger partial charge in [0.2, 0.25) is 5.91 Å². The molecule has 2 aliphatic heterocycles. The summed E-state index contributed by atoms with van der Waals surface area (Å²) in [6, 6.07) is 5.09. The van der Waals surface area contributed by atoms with Gasteiger partial charge in [-0.2, -0.15) is 0 Å². The summed E-state index contributed by atoms with van der Waals surface area (Å²) in [6.45, 7) is 10.3. The van der Waals surface area contributed by atoms with Crippen molar-refractivity contribution in [3.8, 4) is 5.75 Å². The predicted molar refractivity (Wildman–Crippen MR) is 104 cm³/mol. The highest BCUT2D eigenvalue weighted by Gasteiger charge is 2.30. The number of piperidine rings is 1. The molecular weight excluding hydrogens is 345 g/mol. The normalized spacial score (nSPS) is 21.3. The third-order valence-electron chi connectivity index (χ3n) is 6.03. The van der Waals surface area contributed by atoms with Crippen LogP contribution in [0.25, 0.3) is 0 Å². The molecule has 1 atom stereocenters. The van der Waals surface area contributed by atoms with E-state index in [0.717, 1.165) is 70.1 Å². The number of benzene rings is 1. The van der Waals surface area contributed by atoms with Crippen molar-refractivity contribution in [1.29, 1.82) is 0 Å². The number of hydrogen-bond acceptors (Lipinski definition) is 4. The summed E-state index contributed by atoms with van der Waals surface area (Å²) < 4.78 is 18.8. The van der Waals surface area contributed by atoms with E-state index in [1.165, 1.54) is 7.11 Å². The second-order valence-electron chi connectivity index (χ2n) is 7.96. The van der Waals surface area contributed by atoms with Gasteiger partial charge in [-0.15, -0.1) is 0 Å². The Morgan fingerprint density at radius 1 is 1.19 bits per heavy atom. The number of halogens is 1. The molecule has 0 spiro atoms. The van der Waals surface area contributed by atoms with Crippen molar-refractivity contribution in [1.82, 2.24) is 14.7 Å². The predicted octanol–water partition coefficient (Wildman–Crippen LogP) is 2.60. The van der Waals surface area contributed by atoms with Gasteiger partial charge in [-0.25, -0.2) is 4.39 Å². The van der Waals surface area contributed by atoms with Crippen molar-refractivity contribution >= 4 is 5.91 Å². The number of hydrogen-bond donors (Lipinski definition) is 0. The third-order valence-corrected chi connectivity index (χ3v) is 6.03. The van der Waals surface area contributed by atoms with Crippen molar-refractivity contribution in [2.24, 2.45) is 5.92 Å². The molecule has 2 heterocycles. The number of nitrogens with zero attached hydrogens (tertiary/aromatic N) is 3. The summed E-state index contributed by atoms with van der Waals surface area (Å²) in [7, 11) is 1.48. The molecule has 1 aromatic rings. The Labute approximate surface area is 162 Å². The van der Waals surface area contributed by atoms with Crippen molar-refractivity contribution in [3.05, 3.63) is 29.6 Å². The van der Waals surface area contributed by atoms with E-state index in [4.69, 9.17) is 4.74 Å². The molecule has 1 aromatic carbocycles. The van der Waals surface area contributed by atoms with E-state index in [0.29, 0.717) is 0 Å². The molecular formula is C21H32FN3O2. The van der Waals surface area contributed by atoms with Crippen molar-refractivity contribution in [3.63, 3.8) is 0 Å². The quantitative estimate of drug-likeness (QED) is 0.790. The summed E-state index contributed by atoms with van der Waals surface area (Å²) >= 11 is 0. The lowest BCUT2D eigenvalue weighted by Gasteiger charge is -2.40. The zero-order valence-corrected chi connectivity index (χ0v) is 16.8. The lowest BCUT2D eigenvalue weighted by atomic mass is 9.98. The first-order valence-corrected chi connectivity index (χ1v) is 10.1. The molecule has 0 aromatic heterocycles. The fraction of sp³-hybridized carbons (Fsp3) is 0.667. The van der Waals surface area contributed by atoms with Gasteiger partial charge in [0.25, 0.3) is 0 Å². The SMILES string of the molecule is COc1ccc(CN2CCN(C(C)C(=O)N3CCC(C)CC3)CC2)cc1F. The van der Waals surface area contributed by atoms with Crippen LogP contribution in [0.15, 0.2) is 18.2 Å². The highest BCUT2D eigenvalue weighted by molar-refractivity contribution is 5.81. The van der Waals surface area contributed by atoms with E-state index < -0.39 is 0 Å². The number of amides is 1. The smallest absolute Gasteiger partial charge is 0.239 e. The lowest BCUT2D eigenvalue weighted by Crippen LogP contribution is -2.55. The van der Waals surface area contributed by atoms with Crippen LogP contribution in [0.4, 0.5) is 4.39 Å². The largest absolute Gasteiger partial charge is 0.494 e. The van der Waals surface area contributed by atoms with Crippen LogP contribution >= 0.6 is 0 Å². The highest BCUT2D eigenvalue weighted by Crippen LogP contribution is 2.20. The van der Waals surface area contributed by atoms with Crippen LogP contribution in [0.5, 0.6) is 5.75 Å². The van der Waals surface area contributed by atoms with Crippen molar-refractivity contribution < 1.29 is 13.9 Å². The lowest BCUT2D eigenvalue weighted by molar-refractivity contribution is -0.138. The molecule has 150 valence electrons. The summed E-state index contributed by atoms with van der Waals surface area (Å²) in [5, 5.41) is 0. The maximum atomic E-state index is 13.9. The van der Waals surface area contributed by atoms with E-state index in [-0.39, 0.29) is 23.5 Å². The zero-order valence-electron chi connectivity index (χ0n) is 16.8. The molecule has 0 N–H and O–H groups in total. The number of likely N-dealkylation sites (tertiary alicyclic amines) is 1. The van der Waals surface area contributed by atoms with Gasteiger partial charge in [0.1, 0.15) is 0 Å². The van der Waals surface area contributed by atoms with Gasteiger partial charge in [-0.1, -0.05) is 13.0 Å². The number of methoxy groups -OCH3 is 1. The van der Waals surface area contributed by atoms with Gasteiger partial charge in [0.05, 0.1) is 13.2 Å². The second kappa shape index (κ2) is 9.02. The summed E-state index contributed by atoms with van der Waals surface area (Å²) in [4.78, 5) is 19.4. The Morgan fingerprint density at radius 3 is 2.44 bits per heavy atom. The van der Waals surface area contributed by atoms with E-state index >= 15 is 0 Å². The van der Waals surface area contributed by atoms with Crippen LogP contribution in [-0.4, -0.2) is 73.0 Å². The van der Waals surface area contributed by atoms with Gasteiger partial charge in [-0.3, -0.25) is 14.6 Å². The molecule has 6 heteroatoms. The van der Waals surface area contributed by atoms with Crippen LogP contribution in [-0.2, 0) is 11.3 Å². The van der Waals surface area contributed by atoms with E-state index in [9.17, 15) is 9.18 Å². The Morgan fingerprint density at radius 2 is 1.85 bits per heavy atom. The Balaban J connectivity index is 1.48. The molecule has 0 saturated carbocycles. The Bertz CT molecular complexity index is 638. The number of rotatable bonds is 5. The van der Waals surface area contributed by atoms with Gasteiger partial charge in [0.15, 0.2) is 11.6 Å². The molecule has 1 unspecified atom stereocenters. The number of carbonyl (C=O) groups is 1. The van der Waals surface area contributed by atoms with Crippen LogP contribution in [0.1, 0.15) is 32.3 Å². The van der Waals surface area contributed by atoms with Crippen LogP contribution in [0.2, 0.25) is 0 Å². The van der Waals surface area contributed by atoms with Crippen LogP contribution in [0, 0.1) is 11.7 Å². The minimum absolute atomic E-state index is 0.0565. The van der Waals surface area contributed by atoms with E-state index in [1.807, 2.05) is 17.9 Å². The minimum atomic E-state index is -0.316. The maximum absolute atomic E-state index is 13.9. The molecule has 0 radical (unpaired) electrons. The summed E-state index contributed by atoms with van der Waals surface area (Å²) in [5.41, 5.74) is 0.952. The molecule has 2 saturated heterocycles. The van der Waals surface area contributed by atoms with Gasteiger partial charge in [0, 0.05) is 45.8 Å². The molecule has 2 fully saturated rings. The monoisotopic (exact) mass is 377 g/mol. The summed E-state index contributed by atoms with van der Waals surface area (Å²) in [5.74, 6) is 0.968. The average molecular weight is 378 g/mol. The van der Waals surface area contributed by atoms with Crippen LogP contribution < -0.4 is 4.74 Å². The number of piperazine rings is 1. The Kier molecular flexibility index (Phi) is 6.71.